The lowest BCUT2D eigenvalue weighted by Gasteiger charge is -2.38. The quantitative estimate of drug-likeness (QED) is 0.599. The number of esters is 1. The van der Waals surface area contributed by atoms with Gasteiger partial charge in [-0.3, -0.25) is 4.79 Å². The van der Waals surface area contributed by atoms with E-state index in [4.69, 9.17) is 9.47 Å². The third-order valence-corrected chi connectivity index (χ3v) is 5.73. The van der Waals surface area contributed by atoms with Gasteiger partial charge in [0.2, 0.25) is 5.88 Å². The normalized spacial score (nSPS) is 20.3. The Kier molecular flexibility index (Phi) is 4.85. The van der Waals surface area contributed by atoms with E-state index in [0.717, 1.165) is 12.8 Å². The van der Waals surface area contributed by atoms with Crippen molar-refractivity contribution in [3.8, 4) is 11.6 Å². The predicted octanol–water partition coefficient (Wildman–Crippen LogP) is 2.40. The third kappa shape index (κ3) is 3.52. The molecule has 1 saturated heterocycles. The first-order valence-electron chi connectivity index (χ1n) is 10.2. The minimum Gasteiger partial charge on any atom is -0.472 e. The maximum absolute atomic E-state index is 13.5. The van der Waals surface area contributed by atoms with Crippen LogP contribution in [0.4, 0.5) is 0 Å². The molecular weight excluding hydrogens is 398 g/mol. The molecule has 9 heteroatoms. The average Bonchev–Trinajstić information content (AvgIpc) is 3.46. The Bertz CT molecular complexity index is 1130. The number of benzene rings is 1. The summed E-state index contributed by atoms with van der Waals surface area (Å²) in [5, 5.41) is 8.33. The number of aromatic nitrogens is 4. The van der Waals surface area contributed by atoms with Crippen molar-refractivity contribution < 1.29 is 19.1 Å². The number of pyridine rings is 1. The topological polar surface area (TPSA) is 99.4 Å². The molecule has 158 valence electrons. The van der Waals surface area contributed by atoms with Crippen LogP contribution in [-0.2, 0) is 11.3 Å². The zero-order valence-corrected chi connectivity index (χ0v) is 17.0. The Labute approximate surface area is 178 Å². The van der Waals surface area contributed by atoms with Crippen LogP contribution in [0.3, 0.4) is 0 Å². The van der Waals surface area contributed by atoms with Gasteiger partial charge < -0.3 is 14.4 Å². The number of carbonyl (C=O) groups is 2. The molecule has 2 aromatic heterocycles. The number of likely N-dealkylation sites (tertiary alicyclic amines) is 1. The molecule has 1 fully saturated rings. The van der Waals surface area contributed by atoms with E-state index in [1.807, 2.05) is 30.0 Å². The molecule has 4 heterocycles. The fraction of sp³-hybridized carbons (Fsp3) is 0.318. The highest BCUT2D eigenvalue weighted by atomic mass is 16.5. The Hall–Kier alpha value is -3.75. The number of fused-ring (bicyclic) bond motifs is 1. The summed E-state index contributed by atoms with van der Waals surface area (Å²) in [6.07, 6.45) is 6.05. The van der Waals surface area contributed by atoms with Gasteiger partial charge in [-0.15, -0.1) is 0 Å². The highest BCUT2D eigenvalue weighted by Crippen LogP contribution is 2.30. The van der Waals surface area contributed by atoms with Crippen molar-refractivity contribution in [2.45, 2.75) is 38.5 Å². The number of amides is 1. The van der Waals surface area contributed by atoms with Gasteiger partial charge in [-0.25, -0.2) is 9.78 Å². The van der Waals surface area contributed by atoms with E-state index >= 15 is 0 Å². The zero-order valence-electron chi connectivity index (χ0n) is 17.0. The monoisotopic (exact) mass is 419 g/mol. The number of para-hydroxylation sites is 1. The molecule has 9 nitrogen and oxygen atoms in total. The van der Waals surface area contributed by atoms with Crippen molar-refractivity contribution in [1.29, 1.82) is 0 Å². The van der Waals surface area contributed by atoms with Gasteiger partial charge in [-0.2, -0.15) is 15.0 Å². The summed E-state index contributed by atoms with van der Waals surface area (Å²) < 4.78 is 11.2. The van der Waals surface area contributed by atoms with Crippen LogP contribution in [0.15, 0.2) is 48.9 Å². The molecule has 0 radical (unpaired) electrons. The molecular formula is C22H21N5O4. The number of rotatable bonds is 4. The van der Waals surface area contributed by atoms with Gasteiger partial charge in [0.25, 0.3) is 5.91 Å². The van der Waals surface area contributed by atoms with Crippen molar-refractivity contribution in [3.05, 3.63) is 65.6 Å². The van der Waals surface area contributed by atoms with Gasteiger partial charge in [-0.1, -0.05) is 12.1 Å². The van der Waals surface area contributed by atoms with Gasteiger partial charge in [0.15, 0.2) is 0 Å². The molecule has 0 N–H and O–H groups in total. The van der Waals surface area contributed by atoms with Crippen molar-refractivity contribution in [3.63, 3.8) is 0 Å². The summed E-state index contributed by atoms with van der Waals surface area (Å²) in [6, 6.07) is 8.99. The van der Waals surface area contributed by atoms with E-state index in [0.29, 0.717) is 34.8 Å². The Morgan fingerprint density at radius 3 is 2.77 bits per heavy atom. The summed E-state index contributed by atoms with van der Waals surface area (Å²) in [5.74, 6) is -0.0601. The molecule has 2 unspecified atom stereocenters. The number of carbonyl (C=O) groups excluding carboxylic acids is 2. The van der Waals surface area contributed by atoms with E-state index < -0.39 is 0 Å². The second-order valence-corrected chi connectivity index (χ2v) is 7.68. The molecule has 0 saturated carbocycles. The first-order chi connectivity index (χ1) is 15.1. The van der Waals surface area contributed by atoms with Crippen LogP contribution >= 0.6 is 0 Å². The fourth-order valence-corrected chi connectivity index (χ4v) is 4.06. The number of ether oxygens (including phenoxy) is 2. The molecule has 0 aliphatic carbocycles. The van der Waals surface area contributed by atoms with Crippen molar-refractivity contribution in [2.24, 2.45) is 0 Å². The summed E-state index contributed by atoms with van der Waals surface area (Å²) >= 11 is 0. The molecule has 0 spiro atoms. The van der Waals surface area contributed by atoms with E-state index in [2.05, 4.69) is 15.2 Å². The second-order valence-electron chi connectivity index (χ2n) is 7.68. The van der Waals surface area contributed by atoms with E-state index in [-0.39, 0.29) is 30.6 Å². The number of cyclic esters (lactones) is 1. The maximum Gasteiger partial charge on any atom is 0.339 e. The standard InChI is InChI=1S/C22H21N5O4/c1-14-6-7-15(31-20-18-13-30-22(29)16(18)8-9-23-20)12-26(14)21(28)17-4-2-3-5-19(17)27-24-10-11-25-27/h2-5,8-11,14-15H,6-7,12-13H2,1H3. The van der Waals surface area contributed by atoms with Crippen LogP contribution < -0.4 is 4.74 Å². The lowest BCUT2D eigenvalue weighted by atomic mass is 9.99. The first kappa shape index (κ1) is 19.2. The number of nitrogens with zero attached hydrogens (tertiary/aromatic N) is 5. The average molecular weight is 419 g/mol. The van der Waals surface area contributed by atoms with Crippen LogP contribution in [0.1, 0.15) is 46.0 Å². The lowest BCUT2D eigenvalue weighted by Crippen LogP contribution is -2.49. The lowest BCUT2D eigenvalue weighted by molar-refractivity contribution is 0.0363. The largest absolute Gasteiger partial charge is 0.472 e. The minimum absolute atomic E-state index is 0.0605. The summed E-state index contributed by atoms with van der Waals surface area (Å²) in [6.45, 7) is 2.61. The van der Waals surface area contributed by atoms with Crippen LogP contribution in [0.5, 0.6) is 5.88 Å². The highest BCUT2D eigenvalue weighted by molar-refractivity contribution is 5.98. The minimum atomic E-state index is -0.361. The molecule has 1 amide bonds. The molecule has 2 atom stereocenters. The van der Waals surface area contributed by atoms with Gasteiger partial charge >= 0.3 is 5.97 Å². The van der Waals surface area contributed by atoms with Crippen molar-refractivity contribution in [1.82, 2.24) is 24.9 Å². The van der Waals surface area contributed by atoms with Crippen LogP contribution in [0, 0.1) is 0 Å². The Morgan fingerprint density at radius 2 is 1.94 bits per heavy atom. The van der Waals surface area contributed by atoms with E-state index in [1.54, 1.807) is 30.7 Å². The van der Waals surface area contributed by atoms with Crippen LogP contribution in [-0.4, -0.2) is 55.4 Å². The SMILES string of the molecule is CC1CCC(Oc2nccc3c2COC3=O)CN1C(=O)c1ccccc1-n1nccn1. The Balaban J connectivity index is 1.38. The molecule has 31 heavy (non-hydrogen) atoms. The maximum atomic E-state index is 13.5. The first-order valence-corrected chi connectivity index (χ1v) is 10.2. The smallest absolute Gasteiger partial charge is 0.339 e. The number of hydrogen-bond donors (Lipinski definition) is 0. The van der Waals surface area contributed by atoms with Crippen molar-refractivity contribution >= 4 is 11.9 Å². The molecule has 1 aromatic carbocycles. The van der Waals surface area contributed by atoms with Gasteiger partial charge in [0, 0.05) is 12.2 Å². The second kappa shape index (κ2) is 7.82. The highest BCUT2D eigenvalue weighted by Gasteiger charge is 2.33. The van der Waals surface area contributed by atoms with Gasteiger partial charge in [0.1, 0.15) is 12.7 Å². The number of piperidine rings is 1. The molecule has 3 aromatic rings. The van der Waals surface area contributed by atoms with E-state index in [1.165, 1.54) is 4.80 Å². The van der Waals surface area contributed by atoms with Crippen LogP contribution in [0.2, 0.25) is 0 Å². The summed E-state index contributed by atoms with van der Waals surface area (Å²) in [4.78, 5) is 32.9. The van der Waals surface area contributed by atoms with Crippen molar-refractivity contribution in [2.75, 3.05) is 6.54 Å². The molecule has 2 aliphatic heterocycles. The molecule has 2 aliphatic rings. The summed E-state index contributed by atoms with van der Waals surface area (Å²) in [5.41, 5.74) is 2.32. The Morgan fingerprint density at radius 1 is 1.13 bits per heavy atom. The molecule has 0 bridgehead atoms. The summed E-state index contributed by atoms with van der Waals surface area (Å²) in [7, 11) is 0. The fourth-order valence-electron chi connectivity index (χ4n) is 4.06. The predicted molar refractivity (Wildman–Crippen MR) is 109 cm³/mol. The molecule has 5 rings (SSSR count). The third-order valence-electron chi connectivity index (χ3n) is 5.73. The zero-order chi connectivity index (χ0) is 21.4. The van der Waals surface area contributed by atoms with Crippen LogP contribution in [0.25, 0.3) is 5.69 Å². The number of hydrogen-bond acceptors (Lipinski definition) is 7. The van der Waals surface area contributed by atoms with E-state index in [9.17, 15) is 9.59 Å². The van der Waals surface area contributed by atoms with Gasteiger partial charge in [0.05, 0.1) is 41.3 Å². The van der Waals surface area contributed by atoms with Gasteiger partial charge in [-0.05, 0) is 38.0 Å².